The number of hydrogen-bond donors (Lipinski definition) is 0. The predicted octanol–water partition coefficient (Wildman–Crippen LogP) is 15.8. The van der Waals surface area contributed by atoms with Crippen molar-refractivity contribution in [1.82, 2.24) is 0 Å². The highest BCUT2D eigenvalue weighted by Gasteiger charge is 2.19. The fourth-order valence-electron chi connectivity index (χ4n) is 8.93. The molecule has 5 unspecified atom stereocenters. The van der Waals surface area contributed by atoms with Crippen molar-refractivity contribution in [2.75, 3.05) is 0 Å². The maximum atomic E-state index is 2.39. The van der Waals surface area contributed by atoms with Crippen LogP contribution in [0.3, 0.4) is 0 Å². The van der Waals surface area contributed by atoms with Crippen LogP contribution in [0, 0.1) is 0 Å². The Labute approximate surface area is 318 Å². The monoisotopic (exact) mass is 691 g/mol. The van der Waals surface area contributed by atoms with Crippen molar-refractivity contribution in [3.63, 3.8) is 0 Å². The highest BCUT2D eigenvalue weighted by atomic mass is 14.2. The Morgan fingerprint density at radius 2 is 0.481 bits per heavy atom. The van der Waals surface area contributed by atoms with E-state index in [4.69, 9.17) is 0 Å². The summed E-state index contributed by atoms with van der Waals surface area (Å²) in [7, 11) is 0. The van der Waals surface area contributed by atoms with E-state index in [0.29, 0.717) is 29.6 Å². The fraction of sp³-hybridized carbons (Fsp3) is 0.423. The average Bonchev–Trinajstić information content (AvgIpc) is 3.21. The second kappa shape index (κ2) is 22.9. The summed E-state index contributed by atoms with van der Waals surface area (Å²) in [5, 5.41) is 0. The van der Waals surface area contributed by atoms with E-state index in [1.807, 2.05) is 0 Å². The van der Waals surface area contributed by atoms with Gasteiger partial charge in [0, 0.05) is 0 Å². The van der Waals surface area contributed by atoms with Crippen LogP contribution in [0.4, 0.5) is 0 Å². The fourth-order valence-corrected chi connectivity index (χ4v) is 8.93. The first-order chi connectivity index (χ1) is 25.7. The van der Waals surface area contributed by atoms with Crippen molar-refractivity contribution in [3.05, 3.63) is 179 Å². The molecule has 274 valence electrons. The summed E-state index contributed by atoms with van der Waals surface area (Å²) in [6, 6.07) is 56.7. The van der Waals surface area contributed by atoms with Gasteiger partial charge in [-0.2, -0.15) is 0 Å². The first-order valence-electron chi connectivity index (χ1n) is 21.0. The van der Waals surface area contributed by atoms with Crippen LogP contribution in [0.1, 0.15) is 168 Å². The topological polar surface area (TPSA) is 0 Å². The minimum Gasteiger partial charge on any atom is -0.0654 e. The van der Waals surface area contributed by atoms with Gasteiger partial charge in [-0.3, -0.25) is 0 Å². The largest absolute Gasteiger partial charge is 0.0654 e. The molecule has 0 aliphatic heterocycles. The lowest BCUT2D eigenvalue weighted by Gasteiger charge is -2.24. The third kappa shape index (κ3) is 12.9. The van der Waals surface area contributed by atoms with Crippen molar-refractivity contribution in [1.29, 1.82) is 0 Å². The van der Waals surface area contributed by atoms with Gasteiger partial charge in [0.05, 0.1) is 0 Å². The summed E-state index contributed by atoms with van der Waals surface area (Å²) >= 11 is 0. The highest BCUT2D eigenvalue weighted by molar-refractivity contribution is 5.23. The first kappa shape index (κ1) is 39.3. The van der Waals surface area contributed by atoms with E-state index in [1.54, 1.807) is 0 Å². The highest BCUT2D eigenvalue weighted by Crippen LogP contribution is 2.37. The van der Waals surface area contributed by atoms with Gasteiger partial charge in [-0.25, -0.2) is 0 Å². The number of rotatable bonds is 24. The van der Waals surface area contributed by atoms with Crippen LogP contribution in [-0.4, -0.2) is 0 Å². The van der Waals surface area contributed by atoms with Crippen molar-refractivity contribution in [2.45, 2.75) is 140 Å². The lowest BCUT2D eigenvalue weighted by Crippen LogP contribution is -2.06. The summed E-state index contributed by atoms with van der Waals surface area (Å²) in [6.07, 6.45) is 19.2. The molecular formula is C52H66. The van der Waals surface area contributed by atoms with Gasteiger partial charge < -0.3 is 0 Å². The van der Waals surface area contributed by atoms with Gasteiger partial charge in [0.15, 0.2) is 0 Å². The Morgan fingerprint density at radius 1 is 0.269 bits per heavy atom. The Kier molecular flexibility index (Phi) is 17.3. The standard InChI is InChI=1S/C52H66/c1-3-24-44(46-27-12-6-13-28-46)36-21-38-51(48-31-16-8-17-32-48)40-23-42-52(49-33-18-9-19-34-49)41-22-39-50(47-29-14-7-15-30-47)37-20-35-43(4-2)45-25-10-5-11-26-45/h5-19,25-34,43-44,50-52H,3-4,20-24,35-42H2,1-2H3. The molecule has 52 heavy (non-hydrogen) atoms. The molecule has 0 bridgehead atoms. The molecule has 0 radical (unpaired) electrons. The Hall–Kier alpha value is -3.90. The normalized spacial score (nSPS) is 14.3. The average molecular weight is 691 g/mol. The molecule has 0 heteroatoms. The van der Waals surface area contributed by atoms with Gasteiger partial charge in [0.1, 0.15) is 0 Å². The van der Waals surface area contributed by atoms with Crippen LogP contribution >= 0.6 is 0 Å². The van der Waals surface area contributed by atoms with Crippen molar-refractivity contribution in [3.8, 4) is 0 Å². The lowest BCUT2D eigenvalue weighted by atomic mass is 9.81. The molecule has 5 aromatic carbocycles. The SMILES string of the molecule is CCCC(CCCC(CCCC(CCCC(CCCC(CC)c1ccccc1)c1ccccc1)c1ccccc1)c1ccccc1)c1ccccc1. The summed E-state index contributed by atoms with van der Waals surface area (Å²) in [4.78, 5) is 0. The van der Waals surface area contributed by atoms with Gasteiger partial charge in [0.2, 0.25) is 0 Å². The maximum Gasteiger partial charge on any atom is -0.0162 e. The molecule has 5 rings (SSSR count). The van der Waals surface area contributed by atoms with Crippen LogP contribution < -0.4 is 0 Å². The summed E-state index contributed by atoms with van der Waals surface area (Å²) in [5.41, 5.74) is 7.64. The zero-order valence-corrected chi connectivity index (χ0v) is 32.4. The van der Waals surface area contributed by atoms with Crippen LogP contribution in [0.5, 0.6) is 0 Å². The molecule has 0 aromatic heterocycles. The van der Waals surface area contributed by atoms with Crippen molar-refractivity contribution in [2.24, 2.45) is 0 Å². The van der Waals surface area contributed by atoms with Crippen LogP contribution in [0.25, 0.3) is 0 Å². The van der Waals surface area contributed by atoms with Crippen LogP contribution in [-0.2, 0) is 0 Å². The molecule has 0 amide bonds. The molecule has 0 aliphatic rings. The second-order valence-electron chi connectivity index (χ2n) is 15.5. The molecule has 0 saturated carbocycles. The minimum atomic E-state index is 0.628. The van der Waals surface area contributed by atoms with E-state index in [2.05, 4.69) is 166 Å². The van der Waals surface area contributed by atoms with Gasteiger partial charge >= 0.3 is 0 Å². The summed E-state index contributed by atoms with van der Waals surface area (Å²) < 4.78 is 0. The van der Waals surface area contributed by atoms with E-state index in [-0.39, 0.29) is 0 Å². The molecule has 0 heterocycles. The molecule has 0 N–H and O–H groups in total. The Bertz CT molecular complexity index is 1580. The van der Waals surface area contributed by atoms with E-state index >= 15 is 0 Å². The Morgan fingerprint density at radius 3 is 0.712 bits per heavy atom. The van der Waals surface area contributed by atoms with E-state index < -0.39 is 0 Å². The quantitative estimate of drug-likeness (QED) is 0.0604. The van der Waals surface area contributed by atoms with Gasteiger partial charge in [-0.05, 0) is 122 Å². The zero-order valence-electron chi connectivity index (χ0n) is 32.4. The van der Waals surface area contributed by atoms with Crippen molar-refractivity contribution >= 4 is 0 Å². The van der Waals surface area contributed by atoms with E-state index in [9.17, 15) is 0 Å². The molecule has 5 atom stereocenters. The summed E-state index contributed by atoms with van der Waals surface area (Å²) in [6.45, 7) is 4.69. The number of hydrogen-bond acceptors (Lipinski definition) is 0. The lowest BCUT2D eigenvalue weighted by molar-refractivity contribution is 0.437. The third-order valence-corrected chi connectivity index (χ3v) is 11.9. The van der Waals surface area contributed by atoms with E-state index in [0.717, 1.165) is 0 Å². The Balaban J connectivity index is 1.18. The second-order valence-corrected chi connectivity index (χ2v) is 15.5. The van der Waals surface area contributed by atoms with Gasteiger partial charge in [0.25, 0.3) is 0 Å². The number of benzene rings is 5. The molecule has 0 aliphatic carbocycles. The summed E-state index contributed by atoms with van der Waals surface area (Å²) in [5.74, 6) is 3.26. The maximum absolute atomic E-state index is 2.39. The van der Waals surface area contributed by atoms with Gasteiger partial charge in [-0.15, -0.1) is 0 Å². The predicted molar refractivity (Wildman–Crippen MR) is 227 cm³/mol. The molecular weight excluding hydrogens is 625 g/mol. The molecule has 5 aromatic rings. The van der Waals surface area contributed by atoms with Crippen LogP contribution in [0.15, 0.2) is 152 Å². The van der Waals surface area contributed by atoms with E-state index in [1.165, 1.54) is 124 Å². The molecule has 0 saturated heterocycles. The smallest absolute Gasteiger partial charge is 0.0162 e. The molecule has 0 nitrogen and oxygen atoms in total. The zero-order chi connectivity index (χ0) is 36.1. The first-order valence-corrected chi connectivity index (χ1v) is 21.0. The molecule has 0 fully saturated rings. The van der Waals surface area contributed by atoms with Gasteiger partial charge in [-0.1, -0.05) is 198 Å². The van der Waals surface area contributed by atoms with Crippen LogP contribution in [0.2, 0.25) is 0 Å². The minimum absolute atomic E-state index is 0.628. The molecule has 0 spiro atoms. The third-order valence-electron chi connectivity index (χ3n) is 11.9. The van der Waals surface area contributed by atoms with Crippen molar-refractivity contribution < 1.29 is 0 Å².